The molecule has 14 heteroatoms. The Kier molecular flexibility index (Phi) is 7.84. The lowest BCUT2D eigenvalue weighted by molar-refractivity contribution is -0.192. The topological polar surface area (TPSA) is 137 Å². The molecule has 0 aliphatic carbocycles. The van der Waals surface area contributed by atoms with E-state index in [1.807, 2.05) is 0 Å². The minimum absolute atomic E-state index is 0.0603. The number of nitrogens with zero attached hydrogens (tertiary/aromatic N) is 3. The van der Waals surface area contributed by atoms with Crippen molar-refractivity contribution in [1.82, 2.24) is 20.3 Å². The van der Waals surface area contributed by atoms with Gasteiger partial charge in [0.15, 0.2) is 11.6 Å². The van der Waals surface area contributed by atoms with Gasteiger partial charge in [-0.1, -0.05) is 0 Å². The molecular weight excluding hydrogens is 479 g/mol. The van der Waals surface area contributed by atoms with Gasteiger partial charge in [-0.15, -0.1) is 0 Å². The number of H-pyrrole nitrogens is 1. The molecule has 0 spiro atoms. The second-order valence-corrected chi connectivity index (χ2v) is 7.65. The summed E-state index contributed by atoms with van der Waals surface area (Å²) in [5, 5.41) is 9.86. The number of halogens is 5. The maximum atomic E-state index is 13.8. The number of hydrogen-bond acceptors (Lipinski definition) is 6. The Morgan fingerprint density at radius 3 is 2.49 bits per heavy atom. The zero-order valence-corrected chi connectivity index (χ0v) is 18.1. The molecule has 3 aromatic rings. The van der Waals surface area contributed by atoms with Crippen molar-refractivity contribution in [2.75, 3.05) is 18.0 Å². The van der Waals surface area contributed by atoms with E-state index in [0.29, 0.717) is 16.9 Å². The summed E-state index contributed by atoms with van der Waals surface area (Å²) in [5.74, 6) is -3.95. The molecule has 35 heavy (non-hydrogen) atoms. The van der Waals surface area contributed by atoms with Crippen LogP contribution < -0.4 is 16.0 Å². The van der Waals surface area contributed by atoms with Gasteiger partial charge in [-0.25, -0.2) is 23.5 Å². The summed E-state index contributed by atoms with van der Waals surface area (Å²) in [5.41, 5.74) is 6.68. The minimum Gasteiger partial charge on any atom is -0.475 e. The molecule has 9 nitrogen and oxygen atoms in total. The van der Waals surface area contributed by atoms with Crippen LogP contribution in [0.15, 0.2) is 30.5 Å². The number of carbonyl (C=O) groups excluding carboxylic acids is 1. The average molecular weight is 500 g/mol. The predicted octanol–water partition coefficient (Wildman–Crippen LogP) is 2.73. The molecule has 0 bridgehead atoms. The zero-order chi connectivity index (χ0) is 25.8. The molecule has 1 aliphatic heterocycles. The summed E-state index contributed by atoms with van der Waals surface area (Å²) in [4.78, 5) is 34.7. The van der Waals surface area contributed by atoms with Gasteiger partial charge in [0.2, 0.25) is 0 Å². The van der Waals surface area contributed by atoms with E-state index in [4.69, 9.17) is 15.6 Å². The smallest absolute Gasteiger partial charge is 0.475 e. The predicted molar refractivity (Wildman–Crippen MR) is 115 cm³/mol. The molecule has 5 N–H and O–H groups in total. The molecule has 1 aromatic carbocycles. The van der Waals surface area contributed by atoms with Crippen LogP contribution in [0, 0.1) is 11.6 Å². The lowest BCUT2D eigenvalue weighted by atomic mass is 10.1. The lowest BCUT2D eigenvalue weighted by Gasteiger charge is -2.31. The molecule has 188 valence electrons. The Hall–Kier alpha value is -3.81. The van der Waals surface area contributed by atoms with E-state index in [1.165, 1.54) is 6.07 Å². The van der Waals surface area contributed by atoms with Gasteiger partial charge in [0.05, 0.1) is 12.1 Å². The number of nitrogens with one attached hydrogen (secondary N) is 2. The molecule has 0 saturated carbocycles. The van der Waals surface area contributed by atoms with Crippen molar-refractivity contribution in [2.45, 2.75) is 31.6 Å². The first-order valence-electron chi connectivity index (χ1n) is 10.3. The van der Waals surface area contributed by atoms with E-state index < -0.39 is 23.8 Å². The van der Waals surface area contributed by atoms with Gasteiger partial charge in [-0.2, -0.15) is 13.2 Å². The van der Waals surface area contributed by atoms with Crippen molar-refractivity contribution < 1.29 is 36.6 Å². The lowest BCUT2D eigenvalue weighted by Crippen LogP contribution is -2.40. The van der Waals surface area contributed by atoms with Crippen LogP contribution in [0.5, 0.6) is 0 Å². The molecule has 1 aliphatic rings. The standard InChI is InChI=1S/C19H20F2N6O.C2HF3O2/c20-13-1-2-14-18(17(13)21)26-15(25-14)10-24-19(28)11-3-6-23-16(9-11)27-7-4-12(22)5-8-27;3-2(4,5)1(6)7/h1-3,6,9,12H,4-5,7-8,10,22H2,(H,24,28)(H,25,26);(H,6,7). The normalized spacial score (nSPS) is 14.4. The number of pyridine rings is 1. The number of aromatic amines is 1. The summed E-state index contributed by atoms with van der Waals surface area (Å²) in [6, 6.07) is 6.02. The van der Waals surface area contributed by atoms with Crippen LogP contribution in [0.3, 0.4) is 0 Å². The highest BCUT2D eigenvalue weighted by molar-refractivity contribution is 5.94. The molecule has 1 amide bonds. The van der Waals surface area contributed by atoms with Gasteiger partial charge in [-0.05, 0) is 37.1 Å². The van der Waals surface area contributed by atoms with Gasteiger partial charge in [-0.3, -0.25) is 4.79 Å². The van der Waals surface area contributed by atoms with Crippen molar-refractivity contribution in [1.29, 1.82) is 0 Å². The van der Waals surface area contributed by atoms with Gasteiger partial charge < -0.3 is 26.0 Å². The van der Waals surface area contributed by atoms with E-state index >= 15 is 0 Å². The number of fused-ring (bicyclic) bond motifs is 1. The fraction of sp³-hybridized carbons (Fsp3) is 0.333. The summed E-state index contributed by atoms with van der Waals surface area (Å²) < 4.78 is 58.8. The highest BCUT2D eigenvalue weighted by Crippen LogP contribution is 2.19. The van der Waals surface area contributed by atoms with Crippen LogP contribution in [0.2, 0.25) is 0 Å². The maximum absolute atomic E-state index is 13.8. The van der Waals surface area contributed by atoms with Crippen LogP contribution in [0.1, 0.15) is 29.0 Å². The Labute approximate surface area is 195 Å². The van der Waals surface area contributed by atoms with E-state index in [-0.39, 0.29) is 24.0 Å². The van der Waals surface area contributed by atoms with Crippen molar-refractivity contribution in [3.63, 3.8) is 0 Å². The van der Waals surface area contributed by atoms with Gasteiger partial charge in [0.25, 0.3) is 5.91 Å². The Morgan fingerprint density at radius 2 is 1.86 bits per heavy atom. The summed E-state index contributed by atoms with van der Waals surface area (Å²) >= 11 is 0. The number of piperidine rings is 1. The van der Waals surface area contributed by atoms with Crippen molar-refractivity contribution in [3.8, 4) is 0 Å². The number of nitrogens with two attached hydrogens (primary N) is 1. The average Bonchev–Trinajstić information content (AvgIpc) is 3.24. The summed E-state index contributed by atoms with van der Waals surface area (Å²) in [7, 11) is 0. The fourth-order valence-electron chi connectivity index (χ4n) is 3.28. The van der Waals surface area contributed by atoms with Crippen LogP contribution in [-0.2, 0) is 11.3 Å². The Morgan fingerprint density at radius 1 is 1.20 bits per heavy atom. The number of anilines is 1. The number of rotatable bonds is 4. The van der Waals surface area contributed by atoms with Crippen molar-refractivity contribution in [3.05, 3.63) is 53.5 Å². The Balaban J connectivity index is 0.000000429. The van der Waals surface area contributed by atoms with Gasteiger partial charge in [0.1, 0.15) is 17.2 Å². The first-order chi connectivity index (χ1) is 16.5. The monoisotopic (exact) mass is 500 g/mol. The maximum Gasteiger partial charge on any atom is 0.490 e. The van der Waals surface area contributed by atoms with E-state index in [1.54, 1.807) is 18.3 Å². The number of carboxylic acid groups (broad SMARTS) is 1. The summed E-state index contributed by atoms with van der Waals surface area (Å²) in [6.07, 6.45) is -1.71. The van der Waals surface area contributed by atoms with Crippen LogP contribution in [-0.4, -0.2) is 57.2 Å². The first-order valence-corrected chi connectivity index (χ1v) is 10.3. The van der Waals surface area contributed by atoms with Crippen molar-refractivity contribution >= 4 is 28.7 Å². The number of alkyl halides is 3. The number of hydrogen-bond donors (Lipinski definition) is 4. The number of aliphatic carboxylic acids is 1. The Bertz CT molecular complexity index is 1210. The van der Waals surface area contributed by atoms with Crippen LogP contribution in [0.25, 0.3) is 11.0 Å². The molecule has 1 fully saturated rings. The second-order valence-electron chi connectivity index (χ2n) is 7.65. The molecule has 0 unspecified atom stereocenters. The molecule has 2 aromatic heterocycles. The van der Waals surface area contributed by atoms with E-state index in [0.717, 1.165) is 37.8 Å². The largest absolute Gasteiger partial charge is 0.490 e. The quantitative estimate of drug-likeness (QED) is 0.404. The third-order valence-corrected chi connectivity index (χ3v) is 5.12. The third kappa shape index (κ3) is 6.62. The van der Waals surface area contributed by atoms with Gasteiger partial charge in [0, 0.05) is 30.9 Å². The third-order valence-electron chi connectivity index (χ3n) is 5.12. The number of carbonyl (C=O) groups is 2. The molecule has 0 atom stereocenters. The molecular formula is C21H21F5N6O3. The number of amides is 1. The first kappa shape index (κ1) is 25.8. The SMILES string of the molecule is NC1CCN(c2cc(C(=O)NCc3nc4c(F)c(F)ccc4[nH]3)ccn2)CC1.O=C(O)C(F)(F)F. The van der Waals surface area contributed by atoms with E-state index in [9.17, 15) is 26.7 Å². The fourth-order valence-corrected chi connectivity index (χ4v) is 3.28. The highest BCUT2D eigenvalue weighted by Gasteiger charge is 2.38. The van der Waals surface area contributed by atoms with Gasteiger partial charge >= 0.3 is 12.1 Å². The number of imidazole rings is 1. The molecule has 1 saturated heterocycles. The van der Waals surface area contributed by atoms with Crippen LogP contribution >= 0.6 is 0 Å². The minimum atomic E-state index is -5.08. The molecule has 4 rings (SSSR count). The zero-order valence-electron chi connectivity index (χ0n) is 18.1. The molecule has 3 heterocycles. The van der Waals surface area contributed by atoms with Crippen LogP contribution in [0.4, 0.5) is 27.8 Å². The molecule has 0 radical (unpaired) electrons. The van der Waals surface area contributed by atoms with E-state index in [2.05, 4.69) is 25.2 Å². The number of benzene rings is 1. The highest BCUT2D eigenvalue weighted by atomic mass is 19.4. The number of aromatic nitrogens is 3. The second kappa shape index (κ2) is 10.6. The number of carboxylic acids is 1. The van der Waals surface area contributed by atoms with Crippen molar-refractivity contribution in [2.24, 2.45) is 5.73 Å². The summed E-state index contributed by atoms with van der Waals surface area (Å²) in [6.45, 7) is 1.67.